The Hall–Kier alpha value is -8.90. The van der Waals surface area contributed by atoms with Gasteiger partial charge in [0.05, 0.1) is 40.2 Å². The Balaban J connectivity index is 0.901. The number of hydrogen-bond acceptors (Lipinski definition) is 4. The van der Waals surface area contributed by atoms with Crippen LogP contribution in [0.2, 0.25) is 0 Å². The molecule has 0 bridgehead atoms. The maximum Gasteiger partial charge on any atom is 0.159 e. The third-order valence-corrected chi connectivity index (χ3v) is 15.5. The maximum atomic E-state index is 5.16. The van der Waals surface area contributed by atoms with Crippen LogP contribution in [0.4, 0.5) is 16.4 Å². The second-order valence-electron chi connectivity index (χ2n) is 18.1. The summed E-state index contributed by atoms with van der Waals surface area (Å²) in [7, 11) is 0. The van der Waals surface area contributed by atoms with Gasteiger partial charge in [-0.05, 0) is 110 Å². The first kappa shape index (κ1) is 40.2. The van der Waals surface area contributed by atoms with Crippen molar-refractivity contribution >= 4 is 71.1 Å². The molecule has 10 aromatic carbocycles. The molecule has 0 amide bonds. The number of fused-ring (bicyclic) bond motifs is 9. The fraction of sp³-hybridized carbons (Fsp3) is 0.0154. The molecule has 13 aromatic rings. The summed E-state index contributed by atoms with van der Waals surface area (Å²) in [6.45, 7) is 0. The average molecular weight is 911 g/mol. The number of hydrogen-bond donors (Lipinski definition) is 0. The number of rotatable bonds is 8. The normalized spacial score (nSPS) is 12.7. The molecule has 0 saturated heterocycles. The van der Waals surface area contributed by atoms with E-state index in [2.05, 4.69) is 252 Å². The van der Waals surface area contributed by atoms with E-state index in [1.165, 1.54) is 70.8 Å². The average Bonchev–Trinajstić information content (AvgIpc) is 4.14. The predicted molar refractivity (Wildman–Crippen MR) is 292 cm³/mol. The molecule has 0 N–H and O–H groups in total. The topological polar surface area (TPSA) is 34.0 Å². The van der Waals surface area contributed by atoms with E-state index < -0.39 is 5.41 Å². The Morgan fingerprint density at radius 2 is 1.03 bits per heavy atom. The lowest BCUT2D eigenvalue weighted by atomic mass is 9.67. The van der Waals surface area contributed by atoms with Gasteiger partial charge in [-0.25, -0.2) is 9.97 Å². The summed E-state index contributed by atoms with van der Waals surface area (Å²) in [5.41, 5.74) is 14.7. The summed E-state index contributed by atoms with van der Waals surface area (Å²) in [5, 5.41) is 8.21. The number of nitrogens with zero attached hydrogens (tertiary/aromatic N) is 4. The van der Waals surface area contributed by atoms with Crippen LogP contribution in [-0.4, -0.2) is 14.5 Å². The van der Waals surface area contributed by atoms with Crippen LogP contribution in [0.1, 0.15) is 22.3 Å². The number of aromatic nitrogens is 3. The van der Waals surface area contributed by atoms with Crippen LogP contribution >= 0.6 is 11.3 Å². The molecule has 0 spiro atoms. The fourth-order valence-corrected chi connectivity index (χ4v) is 12.4. The van der Waals surface area contributed by atoms with E-state index in [1.54, 1.807) is 11.3 Å². The summed E-state index contributed by atoms with van der Waals surface area (Å²) >= 11 is 1.77. The molecule has 0 fully saturated rings. The fourth-order valence-electron chi connectivity index (χ4n) is 11.4. The summed E-state index contributed by atoms with van der Waals surface area (Å²) in [6.07, 6.45) is 3.96. The highest BCUT2D eigenvalue weighted by Gasteiger charge is 2.46. The lowest BCUT2D eigenvalue weighted by molar-refractivity contribution is 0.767. The number of para-hydroxylation sites is 1. The van der Waals surface area contributed by atoms with E-state index in [-0.39, 0.29) is 0 Å². The van der Waals surface area contributed by atoms with Gasteiger partial charge in [0, 0.05) is 32.3 Å². The SMILES string of the molecule is c1ccc(-c2ccc(N(c3cnc(-c4ccc5c(c4)c4ccccc4n5-c4ccc5c(c4)C(c4ccccc4)(c4ccccc4)c4ccccc4-5)nc3)c3cc4ccccc4c4ccccc34)s2)cc1. The summed E-state index contributed by atoms with van der Waals surface area (Å²) in [4.78, 5) is 13.8. The Morgan fingerprint density at radius 1 is 0.414 bits per heavy atom. The zero-order chi connectivity index (χ0) is 46.2. The summed E-state index contributed by atoms with van der Waals surface area (Å²) < 4.78 is 2.43. The van der Waals surface area contributed by atoms with Gasteiger partial charge in [-0.1, -0.05) is 188 Å². The minimum absolute atomic E-state index is 0.495. The van der Waals surface area contributed by atoms with Crippen LogP contribution in [0.5, 0.6) is 0 Å². The van der Waals surface area contributed by atoms with E-state index in [9.17, 15) is 0 Å². The molecule has 1 aliphatic rings. The van der Waals surface area contributed by atoms with Gasteiger partial charge in [0.1, 0.15) is 5.00 Å². The Kier molecular flexibility index (Phi) is 9.26. The van der Waals surface area contributed by atoms with Gasteiger partial charge < -0.3 is 4.57 Å². The molecule has 4 nitrogen and oxygen atoms in total. The van der Waals surface area contributed by atoms with Gasteiger partial charge in [-0.15, -0.1) is 11.3 Å². The van der Waals surface area contributed by atoms with Crippen molar-refractivity contribution in [3.05, 3.63) is 277 Å². The summed E-state index contributed by atoms with van der Waals surface area (Å²) in [5.74, 6) is 0.674. The molecular weight excluding hydrogens is 869 g/mol. The lowest BCUT2D eigenvalue weighted by Gasteiger charge is -2.34. The van der Waals surface area contributed by atoms with Crippen LogP contribution < -0.4 is 4.90 Å². The van der Waals surface area contributed by atoms with Crippen molar-refractivity contribution in [2.75, 3.05) is 4.90 Å². The van der Waals surface area contributed by atoms with Gasteiger partial charge >= 0.3 is 0 Å². The van der Waals surface area contributed by atoms with Crippen molar-refractivity contribution < 1.29 is 0 Å². The van der Waals surface area contributed by atoms with Crippen molar-refractivity contribution in [2.45, 2.75) is 5.41 Å². The molecule has 328 valence electrons. The van der Waals surface area contributed by atoms with E-state index >= 15 is 0 Å². The molecule has 3 aromatic heterocycles. The minimum Gasteiger partial charge on any atom is -0.309 e. The van der Waals surface area contributed by atoms with Crippen LogP contribution in [0.3, 0.4) is 0 Å². The minimum atomic E-state index is -0.495. The third-order valence-electron chi connectivity index (χ3n) is 14.4. The van der Waals surface area contributed by atoms with Crippen LogP contribution in [0, 0.1) is 0 Å². The standard InChI is InChI=1S/C65H42N4S/c1-4-18-43(19-5-1)62-36-37-63(70-62)69(61-39-44-20-10-11-25-50(44)51-26-12-13-28-54(51)61)49-41-66-64(67-42-49)45-32-35-60-56(38-45)55-29-15-17-31-59(55)68(60)48-33-34-53-52-27-14-16-30-57(52)65(58(53)40-48,46-21-6-2-7-22-46)47-23-8-3-9-24-47/h1-42H. The van der Waals surface area contributed by atoms with Gasteiger partial charge in [0.2, 0.25) is 0 Å². The van der Waals surface area contributed by atoms with Crippen LogP contribution in [-0.2, 0) is 5.41 Å². The quantitative estimate of drug-likeness (QED) is 0.142. The number of anilines is 3. The van der Waals surface area contributed by atoms with E-state index in [1.807, 2.05) is 12.4 Å². The second kappa shape index (κ2) is 16.1. The van der Waals surface area contributed by atoms with Crippen LogP contribution in [0.15, 0.2) is 255 Å². The van der Waals surface area contributed by atoms with Crippen molar-refractivity contribution in [3.8, 4) is 38.6 Å². The first-order valence-electron chi connectivity index (χ1n) is 23.8. The van der Waals surface area contributed by atoms with E-state index in [0.29, 0.717) is 5.82 Å². The maximum absolute atomic E-state index is 5.16. The molecule has 5 heteroatoms. The number of benzene rings is 10. The zero-order valence-electron chi connectivity index (χ0n) is 37.9. The molecule has 0 aliphatic heterocycles. The monoisotopic (exact) mass is 910 g/mol. The highest BCUT2D eigenvalue weighted by atomic mass is 32.1. The van der Waals surface area contributed by atoms with Gasteiger partial charge in [-0.2, -0.15) is 0 Å². The zero-order valence-corrected chi connectivity index (χ0v) is 38.8. The Bertz CT molecular complexity index is 4080. The molecule has 0 saturated carbocycles. The van der Waals surface area contributed by atoms with Crippen molar-refractivity contribution in [1.29, 1.82) is 0 Å². The molecule has 14 rings (SSSR count). The second-order valence-corrected chi connectivity index (χ2v) is 19.2. The predicted octanol–water partition coefficient (Wildman–Crippen LogP) is 17.1. The number of thiophene rings is 1. The highest BCUT2D eigenvalue weighted by molar-refractivity contribution is 7.19. The van der Waals surface area contributed by atoms with Crippen molar-refractivity contribution in [1.82, 2.24) is 14.5 Å². The largest absolute Gasteiger partial charge is 0.309 e. The van der Waals surface area contributed by atoms with E-state index in [0.717, 1.165) is 44.0 Å². The molecule has 0 atom stereocenters. The molecule has 0 radical (unpaired) electrons. The first-order chi connectivity index (χ1) is 34.7. The molecular formula is C65H42N4S. The van der Waals surface area contributed by atoms with Crippen molar-refractivity contribution in [2.24, 2.45) is 0 Å². The van der Waals surface area contributed by atoms with Gasteiger partial charge in [0.15, 0.2) is 5.82 Å². The summed E-state index contributed by atoms with van der Waals surface area (Å²) in [6, 6.07) is 88.2. The smallest absolute Gasteiger partial charge is 0.159 e. The van der Waals surface area contributed by atoms with Crippen LogP contribution in [0.25, 0.3) is 82.0 Å². The van der Waals surface area contributed by atoms with Gasteiger partial charge in [0.25, 0.3) is 0 Å². The molecule has 1 aliphatic carbocycles. The molecule has 70 heavy (non-hydrogen) atoms. The lowest BCUT2D eigenvalue weighted by Crippen LogP contribution is -2.28. The van der Waals surface area contributed by atoms with Gasteiger partial charge in [-0.3, -0.25) is 4.90 Å². The first-order valence-corrected chi connectivity index (χ1v) is 24.6. The molecule has 0 unspecified atom stereocenters. The highest BCUT2D eigenvalue weighted by Crippen LogP contribution is 2.57. The third kappa shape index (κ3) is 6.15. The van der Waals surface area contributed by atoms with Crippen molar-refractivity contribution in [3.63, 3.8) is 0 Å². The Labute approximate surface area is 409 Å². The van der Waals surface area contributed by atoms with E-state index in [4.69, 9.17) is 9.97 Å². The Morgan fingerprint density at radius 3 is 1.80 bits per heavy atom. The molecule has 3 heterocycles.